The van der Waals surface area contributed by atoms with Crippen molar-refractivity contribution < 1.29 is 14.3 Å². The van der Waals surface area contributed by atoms with Crippen LogP contribution in [0, 0.1) is 0 Å². The minimum absolute atomic E-state index is 0.753. The Labute approximate surface area is 107 Å². The number of methoxy groups -OCH3 is 2. The molecule has 1 aromatic carbocycles. The molecule has 0 saturated carbocycles. The average Bonchev–Trinajstić information content (AvgIpc) is 2.46. The van der Waals surface area contributed by atoms with Gasteiger partial charge < -0.3 is 19.3 Å². The van der Waals surface area contributed by atoms with Gasteiger partial charge in [-0.25, -0.2) is 0 Å². The van der Waals surface area contributed by atoms with Gasteiger partial charge in [-0.15, -0.1) is 0 Å². The maximum Gasteiger partial charge on any atom is 0.209 e. The van der Waals surface area contributed by atoms with Crippen molar-refractivity contribution in [3.05, 3.63) is 18.2 Å². The fraction of sp³-hybridized carbons (Fsp3) is 0.462. The first-order valence-electron chi connectivity index (χ1n) is 5.94. The fourth-order valence-electron chi connectivity index (χ4n) is 2.06. The van der Waals surface area contributed by atoms with E-state index < -0.39 is 0 Å². The third-order valence-corrected chi connectivity index (χ3v) is 3.16. The number of ether oxygens (including phenoxy) is 2. The molecule has 0 unspecified atom stereocenters. The maximum atomic E-state index is 10.7. The second-order valence-electron chi connectivity index (χ2n) is 4.20. The summed E-state index contributed by atoms with van der Waals surface area (Å²) in [6.45, 7) is 3.16. The smallest absolute Gasteiger partial charge is 0.209 e. The molecule has 18 heavy (non-hydrogen) atoms. The van der Waals surface area contributed by atoms with E-state index in [9.17, 15) is 4.79 Å². The number of rotatable bonds is 4. The van der Waals surface area contributed by atoms with Crippen molar-refractivity contribution in [1.29, 1.82) is 0 Å². The molecule has 0 N–H and O–H groups in total. The SMILES string of the molecule is COc1cc(OC)cc(N2CCN(C=O)CC2)c1. The molecule has 0 spiro atoms. The molecule has 5 nitrogen and oxygen atoms in total. The third-order valence-electron chi connectivity index (χ3n) is 3.16. The monoisotopic (exact) mass is 250 g/mol. The Hall–Kier alpha value is -1.91. The van der Waals surface area contributed by atoms with Crippen molar-refractivity contribution >= 4 is 12.1 Å². The highest BCUT2D eigenvalue weighted by Crippen LogP contribution is 2.28. The highest BCUT2D eigenvalue weighted by atomic mass is 16.5. The van der Waals surface area contributed by atoms with Gasteiger partial charge in [0.05, 0.1) is 14.2 Å². The third kappa shape index (κ3) is 2.67. The lowest BCUT2D eigenvalue weighted by molar-refractivity contribution is -0.118. The van der Waals surface area contributed by atoms with Crippen LogP contribution in [0.3, 0.4) is 0 Å². The molecule has 0 aromatic heterocycles. The van der Waals surface area contributed by atoms with Crippen molar-refractivity contribution in [2.75, 3.05) is 45.3 Å². The van der Waals surface area contributed by atoms with Gasteiger partial charge >= 0.3 is 0 Å². The van der Waals surface area contributed by atoms with Gasteiger partial charge in [0.1, 0.15) is 11.5 Å². The minimum atomic E-state index is 0.753. The van der Waals surface area contributed by atoms with Gasteiger partial charge in [0.25, 0.3) is 0 Å². The lowest BCUT2D eigenvalue weighted by atomic mass is 10.2. The molecule has 1 heterocycles. The number of hydrogen-bond acceptors (Lipinski definition) is 4. The van der Waals surface area contributed by atoms with Crippen LogP contribution >= 0.6 is 0 Å². The first-order chi connectivity index (χ1) is 8.76. The molecule has 5 heteroatoms. The van der Waals surface area contributed by atoms with E-state index in [-0.39, 0.29) is 0 Å². The molecule has 1 aromatic rings. The van der Waals surface area contributed by atoms with Gasteiger partial charge in [0.15, 0.2) is 0 Å². The van der Waals surface area contributed by atoms with Crippen LogP contribution in [0.25, 0.3) is 0 Å². The Morgan fingerprint density at radius 2 is 1.56 bits per heavy atom. The summed E-state index contributed by atoms with van der Waals surface area (Å²) in [7, 11) is 3.28. The number of anilines is 1. The molecule has 2 rings (SSSR count). The largest absolute Gasteiger partial charge is 0.497 e. The van der Waals surface area contributed by atoms with Crippen LogP contribution in [0.2, 0.25) is 0 Å². The molecule has 1 amide bonds. The molecular weight excluding hydrogens is 232 g/mol. The van der Waals surface area contributed by atoms with Gasteiger partial charge in [-0.05, 0) is 0 Å². The van der Waals surface area contributed by atoms with Crippen LogP contribution in [0.4, 0.5) is 5.69 Å². The van der Waals surface area contributed by atoms with E-state index in [0.717, 1.165) is 49.8 Å². The molecule has 1 aliphatic heterocycles. The predicted octanol–water partition coefficient (Wildman–Crippen LogP) is 0.982. The zero-order valence-corrected chi connectivity index (χ0v) is 10.8. The Balaban J connectivity index is 2.15. The average molecular weight is 250 g/mol. The van der Waals surface area contributed by atoms with Crippen LogP contribution in [0.5, 0.6) is 11.5 Å². The molecule has 0 atom stereocenters. The summed E-state index contributed by atoms with van der Waals surface area (Å²) >= 11 is 0. The Morgan fingerprint density at radius 3 is 2.00 bits per heavy atom. The van der Waals surface area contributed by atoms with Gasteiger partial charge in [-0.3, -0.25) is 4.79 Å². The molecule has 1 saturated heterocycles. The van der Waals surface area contributed by atoms with Crippen molar-refractivity contribution in [1.82, 2.24) is 4.90 Å². The number of amides is 1. The molecular formula is C13H18N2O3. The van der Waals surface area contributed by atoms with Crippen LogP contribution in [0.1, 0.15) is 0 Å². The summed E-state index contributed by atoms with van der Waals surface area (Å²) < 4.78 is 10.5. The van der Waals surface area contributed by atoms with E-state index in [1.165, 1.54) is 0 Å². The van der Waals surface area contributed by atoms with Gasteiger partial charge in [-0.1, -0.05) is 0 Å². The number of benzene rings is 1. The highest BCUT2D eigenvalue weighted by molar-refractivity contribution is 5.57. The lowest BCUT2D eigenvalue weighted by Crippen LogP contribution is -2.45. The Bertz CT molecular complexity index is 392. The number of piperazine rings is 1. The van der Waals surface area contributed by atoms with E-state index in [2.05, 4.69) is 4.90 Å². The predicted molar refractivity (Wildman–Crippen MR) is 69.4 cm³/mol. The summed E-state index contributed by atoms with van der Waals surface area (Å²) in [6.07, 6.45) is 0.906. The zero-order valence-electron chi connectivity index (χ0n) is 10.8. The van der Waals surface area contributed by atoms with E-state index in [0.29, 0.717) is 0 Å². The van der Waals surface area contributed by atoms with E-state index in [4.69, 9.17) is 9.47 Å². The standard InChI is InChI=1S/C13H18N2O3/c1-17-12-7-11(8-13(9-12)18-2)15-5-3-14(10-16)4-6-15/h7-10H,3-6H2,1-2H3. The molecule has 98 valence electrons. The molecule has 0 aliphatic carbocycles. The van der Waals surface area contributed by atoms with Crippen molar-refractivity contribution in [2.45, 2.75) is 0 Å². The summed E-state index contributed by atoms with van der Waals surface area (Å²) in [4.78, 5) is 14.7. The van der Waals surface area contributed by atoms with Gasteiger partial charge in [0, 0.05) is 50.1 Å². The quantitative estimate of drug-likeness (QED) is 0.747. The van der Waals surface area contributed by atoms with Crippen molar-refractivity contribution in [3.63, 3.8) is 0 Å². The lowest BCUT2D eigenvalue weighted by Gasteiger charge is -2.34. The number of nitrogens with zero attached hydrogens (tertiary/aromatic N) is 2. The topological polar surface area (TPSA) is 42.0 Å². The summed E-state index contributed by atoms with van der Waals surface area (Å²) in [5.74, 6) is 1.56. The highest BCUT2D eigenvalue weighted by Gasteiger charge is 2.17. The second kappa shape index (κ2) is 5.62. The molecule has 0 radical (unpaired) electrons. The first-order valence-corrected chi connectivity index (χ1v) is 5.94. The fourth-order valence-corrected chi connectivity index (χ4v) is 2.06. The second-order valence-corrected chi connectivity index (χ2v) is 4.20. The van der Waals surface area contributed by atoms with E-state index >= 15 is 0 Å². The summed E-state index contributed by atoms with van der Waals surface area (Å²) in [5, 5.41) is 0. The van der Waals surface area contributed by atoms with Crippen LogP contribution in [-0.2, 0) is 4.79 Å². The van der Waals surface area contributed by atoms with Crippen LogP contribution in [-0.4, -0.2) is 51.7 Å². The number of hydrogen-bond donors (Lipinski definition) is 0. The number of carbonyl (C=O) groups is 1. The summed E-state index contributed by atoms with van der Waals surface area (Å²) in [6, 6.07) is 5.82. The van der Waals surface area contributed by atoms with Crippen molar-refractivity contribution in [3.8, 4) is 11.5 Å². The van der Waals surface area contributed by atoms with Gasteiger partial charge in [0.2, 0.25) is 6.41 Å². The first kappa shape index (κ1) is 12.5. The number of carbonyl (C=O) groups excluding carboxylic acids is 1. The van der Waals surface area contributed by atoms with E-state index in [1.807, 2.05) is 18.2 Å². The van der Waals surface area contributed by atoms with Crippen LogP contribution < -0.4 is 14.4 Å². The maximum absolute atomic E-state index is 10.7. The molecule has 0 bridgehead atoms. The van der Waals surface area contributed by atoms with Crippen LogP contribution in [0.15, 0.2) is 18.2 Å². The van der Waals surface area contributed by atoms with Crippen molar-refractivity contribution in [2.24, 2.45) is 0 Å². The Kier molecular flexibility index (Phi) is 3.92. The molecule has 1 aliphatic rings. The zero-order chi connectivity index (χ0) is 13.0. The van der Waals surface area contributed by atoms with Gasteiger partial charge in [-0.2, -0.15) is 0 Å². The Morgan fingerprint density at radius 1 is 1.00 bits per heavy atom. The minimum Gasteiger partial charge on any atom is -0.497 e. The van der Waals surface area contributed by atoms with E-state index in [1.54, 1.807) is 19.1 Å². The normalized spacial score (nSPS) is 15.4. The molecule has 1 fully saturated rings. The summed E-state index contributed by atoms with van der Waals surface area (Å²) in [5.41, 5.74) is 1.07.